The van der Waals surface area contributed by atoms with Gasteiger partial charge in [0, 0.05) is 12.0 Å². The number of quaternary nitrogens is 1. The summed E-state index contributed by atoms with van der Waals surface area (Å²) in [4.78, 5) is 0. The molecule has 0 aliphatic carbocycles. The number of nitrogens with zero attached hydrogens (tertiary/aromatic N) is 1. The molecule has 0 saturated heterocycles. The Morgan fingerprint density at radius 3 is 1.02 bits per heavy atom. The van der Waals surface area contributed by atoms with E-state index in [1.165, 1.54) is 30.3 Å². The van der Waals surface area contributed by atoms with Gasteiger partial charge in [0.25, 0.3) is 0 Å². The molecule has 0 aliphatic heterocycles. The maximum absolute atomic E-state index is 14.6. The maximum Gasteiger partial charge on any atom is 0.460 e. The van der Waals surface area contributed by atoms with Crippen LogP contribution in [0.5, 0.6) is 0 Å². The van der Waals surface area contributed by atoms with E-state index in [1.807, 2.05) is 0 Å². The van der Waals surface area contributed by atoms with Gasteiger partial charge in [0.15, 0.2) is 0 Å². The van der Waals surface area contributed by atoms with Gasteiger partial charge in [-0.1, -0.05) is 30.3 Å². The Kier molecular flexibility index (Phi) is 13.6. The first-order valence-corrected chi connectivity index (χ1v) is 14.1. The zero-order valence-electron chi connectivity index (χ0n) is 26.2. The van der Waals surface area contributed by atoms with E-state index in [-0.39, 0.29) is 5.56 Å². The van der Waals surface area contributed by atoms with Crippen molar-refractivity contribution in [3.63, 3.8) is 0 Å². The van der Waals surface area contributed by atoms with Crippen LogP contribution in [0.2, 0.25) is 0 Å². The predicted octanol–water partition coefficient (Wildman–Crippen LogP) is 8.29. The molecule has 0 aliphatic rings. The van der Waals surface area contributed by atoms with Crippen LogP contribution in [-0.2, 0) is 6.54 Å². The quantitative estimate of drug-likeness (QED) is 0.0914. The lowest BCUT2D eigenvalue weighted by Crippen LogP contribution is -2.78. The maximum atomic E-state index is 14.6. The number of benzene rings is 1. The van der Waals surface area contributed by atoms with Gasteiger partial charge in [0.1, 0.15) is 32.3 Å². The highest BCUT2D eigenvalue weighted by molar-refractivity contribution is 5.20. The molecular formula is C26H23F25NO3+. The van der Waals surface area contributed by atoms with Crippen LogP contribution in [0.4, 0.5) is 110 Å². The third-order valence-electron chi connectivity index (χ3n) is 7.96. The van der Waals surface area contributed by atoms with Crippen LogP contribution < -0.4 is 0 Å². The van der Waals surface area contributed by atoms with Crippen molar-refractivity contribution in [1.82, 2.24) is 0 Å². The lowest BCUT2D eigenvalue weighted by Gasteiger charge is -2.46. The van der Waals surface area contributed by atoms with Crippen LogP contribution in [0.1, 0.15) is 12.0 Å². The van der Waals surface area contributed by atoms with Gasteiger partial charge in [-0.3, -0.25) is 0 Å². The fourth-order valence-corrected chi connectivity index (χ4v) is 4.83. The van der Waals surface area contributed by atoms with E-state index in [2.05, 4.69) is 0 Å². The monoisotopic (exact) mass is 872 g/mol. The number of hydrogen-bond acceptors (Lipinski definition) is 3. The highest BCUT2D eigenvalue weighted by Gasteiger charge is 2.99. The second kappa shape index (κ2) is 14.9. The molecule has 1 aromatic carbocycles. The van der Waals surface area contributed by atoms with Gasteiger partial charge in [-0.2, -0.15) is 110 Å². The van der Waals surface area contributed by atoms with Crippen molar-refractivity contribution >= 4 is 0 Å². The Balaban J connectivity index is 3.74. The highest BCUT2D eigenvalue weighted by atomic mass is 19.4. The van der Waals surface area contributed by atoms with E-state index in [0.717, 1.165) is 0 Å². The molecule has 55 heavy (non-hydrogen) atoms. The van der Waals surface area contributed by atoms with Gasteiger partial charge >= 0.3 is 71.3 Å². The number of hydrogen-bond donors (Lipinski definition) is 3. The second-order valence-corrected chi connectivity index (χ2v) is 11.9. The largest absolute Gasteiger partial charge is 0.460 e. The number of alkyl halides is 25. The molecule has 0 spiro atoms. The smallest absolute Gasteiger partial charge is 0.391 e. The third kappa shape index (κ3) is 7.70. The van der Waals surface area contributed by atoms with Crippen molar-refractivity contribution in [1.29, 1.82) is 0 Å². The molecule has 4 nitrogen and oxygen atoms in total. The van der Waals surface area contributed by atoms with Gasteiger partial charge in [-0.05, 0) is 0 Å². The van der Waals surface area contributed by atoms with Crippen LogP contribution in [0, 0.1) is 0 Å². The Morgan fingerprint density at radius 2 is 0.727 bits per heavy atom. The highest BCUT2D eigenvalue weighted by Crippen LogP contribution is 2.68. The van der Waals surface area contributed by atoms with E-state index < -0.39 is 128 Å². The third-order valence-corrected chi connectivity index (χ3v) is 7.96. The van der Waals surface area contributed by atoms with Gasteiger partial charge in [-0.15, -0.1) is 0 Å². The normalized spacial score (nSPS) is 16.4. The topological polar surface area (TPSA) is 60.7 Å². The summed E-state index contributed by atoms with van der Waals surface area (Å²) in [5.74, 6) is -99.6. The molecule has 1 aromatic rings. The van der Waals surface area contributed by atoms with Crippen LogP contribution in [0.15, 0.2) is 30.3 Å². The average molecular weight is 872 g/mol. The number of halogens is 25. The van der Waals surface area contributed by atoms with Crippen molar-refractivity contribution < 1.29 is 130 Å². The molecule has 1 atom stereocenters. The summed E-state index contributed by atoms with van der Waals surface area (Å²) in [6.45, 7) is -5.43. The summed E-state index contributed by atoms with van der Waals surface area (Å²) >= 11 is 0. The Bertz CT molecular complexity index is 1420. The fraction of sp³-hybridized carbons (Fsp3) is 0.769. The number of rotatable bonds is 20. The van der Waals surface area contributed by atoms with Crippen molar-refractivity contribution in [3.05, 3.63) is 35.9 Å². The lowest BCUT2D eigenvalue weighted by atomic mass is 9.84. The SMILES string of the molecule is OCC[N+](CCO)(Cc1ccccc1)CC(O)CC(F)(F)C(F)(F)C(F)(F)C(F)(F)C(F)(F)C(F)(F)C(F)(F)C(F)(F)C(F)(F)C(F)(F)C(F)(F)C(F)(F)F. The van der Waals surface area contributed by atoms with Crippen molar-refractivity contribution in [2.24, 2.45) is 0 Å². The minimum absolute atomic E-state index is 0.154. The van der Waals surface area contributed by atoms with Gasteiger partial charge in [0.2, 0.25) is 0 Å². The summed E-state index contributed by atoms with van der Waals surface area (Å²) < 4.78 is 342. The van der Waals surface area contributed by atoms with E-state index in [9.17, 15) is 125 Å². The molecule has 1 unspecified atom stereocenters. The molecule has 0 bridgehead atoms. The first-order valence-electron chi connectivity index (χ1n) is 14.1. The molecule has 0 saturated carbocycles. The number of aliphatic hydroxyl groups is 3. The van der Waals surface area contributed by atoms with Crippen molar-refractivity contribution in [2.45, 2.75) is 90.4 Å². The zero-order valence-corrected chi connectivity index (χ0v) is 26.2. The minimum atomic E-state index is -9.68. The summed E-state index contributed by atoms with van der Waals surface area (Å²) in [6.07, 6.45) is -14.8. The van der Waals surface area contributed by atoms with E-state index in [0.29, 0.717) is 0 Å². The standard InChI is InChI=1S/C26H23F25NO3/c27-15(28,10-14(55)12-52(6-8-53,7-9-54)11-13-4-2-1-3-5-13)16(29,30)17(31,32)18(33,34)19(35,36)20(37,38)21(39,40)22(41,42)23(43,44)24(45,46)25(47,48)26(49,50)51/h1-5,14,53-55H,6-12H2/q+1. The molecule has 324 valence electrons. The Morgan fingerprint density at radius 1 is 0.436 bits per heavy atom. The fourth-order valence-electron chi connectivity index (χ4n) is 4.83. The summed E-state index contributed by atoms with van der Waals surface area (Å²) in [5.41, 5.74) is 0.154. The molecule has 0 heterocycles. The molecular weight excluding hydrogens is 849 g/mol. The Labute approximate surface area is 289 Å². The van der Waals surface area contributed by atoms with Crippen LogP contribution in [-0.4, -0.2) is 130 Å². The van der Waals surface area contributed by atoms with Crippen LogP contribution in [0.3, 0.4) is 0 Å². The summed E-state index contributed by atoms with van der Waals surface area (Å²) in [6, 6.07) is 6.56. The minimum Gasteiger partial charge on any atom is -0.391 e. The van der Waals surface area contributed by atoms with Crippen LogP contribution in [0.25, 0.3) is 0 Å². The molecule has 0 radical (unpaired) electrons. The van der Waals surface area contributed by atoms with E-state index in [1.54, 1.807) is 0 Å². The predicted molar refractivity (Wildman–Crippen MR) is 130 cm³/mol. The molecule has 3 N–H and O–H groups in total. The lowest BCUT2D eigenvalue weighted by molar-refractivity contribution is -0.944. The van der Waals surface area contributed by atoms with E-state index >= 15 is 0 Å². The van der Waals surface area contributed by atoms with Crippen molar-refractivity contribution in [3.8, 4) is 0 Å². The van der Waals surface area contributed by atoms with Gasteiger partial charge in [0.05, 0.1) is 13.2 Å². The van der Waals surface area contributed by atoms with Gasteiger partial charge < -0.3 is 19.8 Å². The summed E-state index contributed by atoms with van der Waals surface area (Å²) in [5, 5.41) is 28.8. The average Bonchev–Trinajstić information content (AvgIpc) is 2.99. The molecule has 0 fully saturated rings. The first kappa shape index (κ1) is 50.3. The van der Waals surface area contributed by atoms with Crippen LogP contribution >= 0.6 is 0 Å². The first-order chi connectivity index (χ1) is 24.1. The molecule has 1 rings (SSSR count). The molecule has 0 aromatic heterocycles. The van der Waals surface area contributed by atoms with Crippen molar-refractivity contribution in [2.75, 3.05) is 32.8 Å². The Hall–Kier alpha value is -2.69. The number of aliphatic hydroxyl groups excluding tert-OH is 3. The van der Waals surface area contributed by atoms with Gasteiger partial charge in [-0.25, -0.2) is 0 Å². The zero-order chi connectivity index (χ0) is 44.1. The van der Waals surface area contributed by atoms with E-state index in [4.69, 9.17) is 0 Å². The second-order valence-electron chi connectivity index (χ2n) is 11.9. The summed E-state index contributed by atoms with van der Waals surface area (Å²) in [7, 11) is 0. The molecule has 29 heteroatoms. The molecule has 0 amide bonds.